The van der Waals surface area contributed by atoms with Crippen LogP contribution in [0.2, 0.25) is 0 Å². The number of hydrogen-bond donors (Lipinski definition) is 3. The first-order valence-corrected chi connectivity index (χ1v) is 6.95. The lowest BCUT2D eigenvalue weighted by molar-refractivity contribution is -0.149. The minimum absolute atomic E-state index is 0.00562. The van der Waals surface area contributed by atoms with Gasteiger partial charge in [0.25, 0.3) is 0 Å². The fourth-order valence-electron chi connectivity index (χ4n) is 2.68. The second-order valence-electron chi connectivity index (χ2n) is 5.54. The Labute approximate surface area is 112 Å². The molecule has 0 aliphatic carbocycles. The van der Waals surface area contributed by atoms with Crippen molar-refractivity contribution in [1.29, 1.82) is 0 Å². The maximum atomic E-state index is 12.0. The lowest BCUT2D eigenvalue weighted by atomic mass is 9.94. The van der Waals surface area contributed by atoms with E-state index < -0.39 is 12.1 Å². The Balaban J connectivity index is 1.70. The number of ether oxygens (including phenoxy) is 1. The average Bonchev–Trinajstić information content (AvgIpc) is 2.85. The predicted molar refractivity (Wildman–Crippen MR) is 68.7 cm³/mol. The topological polar surface area (TPSA) is 87.7 Å². The fourth-order valence-corrected chi connectivity index (χ4v) is 2.68. The normalized spacial score (nSPS) is 35.0. The summed E-state index contributed by atoms with van der Waals surface area (Å²) >= 11 is 0. The molecular weight excluding hydrogens is 248 g/mol. The van der Waals surface area contributed by atoms with Gasteiger partial charge in [0, 0.05) is 6.54 Å². The van der Waals surface area contributed by atoms with Gasteiger partial charge in [-0.15, -0.1) is 0 Å². The smallest absolute Gasteiger partial charge is 0.332 e. The number of nitrogens with one attached hydrogen (secondary N) is 2. The van der Waals surface area contributed by atoms with Crippen LogP contribution in [0.4, 0.5) is 0 Å². The quantitative estimate of drug-likeness (QED) is 0.675. The minimum Gasteiger partial charge on any atom is -0.479 e. The third-order valence-corrected chi connectivity index (χ3v) is 3.87. The van der Waals surface area contributed by atoms with E-state index in [1.54, 1.807) is 0 Å². The number of carboxylic acid groups (broad SMARTS) is 1. The molecule has 2 aliphatic heterocycles. The Morgan fingerprint density at radius 2 is 2.16 bits per heavy atom. The van der Waals surface area contributed by atoms with E-state index in [1.165, 1.54) is 0 Å². The number of amides is 1. The van der Waals surface area contributed by atoms with Crippen molar-refractivity contribution in [2.24, 2.45) is 5.92 Å². The molecule has 0 spiro atoms. The van der Waals surface area contributed by atoms with Crippen molar-refractivity contribution in [2.75, 3.05) is 13.1 Å². The number of rotatable bonds is 4. The van der Waals surface area contributed by atoms with E-state index in [9.17, 15) is 9.59 Å². The molecule has 2 aliphatic rings. The monoisotopic (exact) mass is 270 g/mol. The van der Waals surface area contributed by atoms with Gasteiger partial charge in [0.15, 0.2) is 6.10 Å². The van der Waals surface area contributed by atoms with E-state index in [0.29, 0.717) is 25.3 Å². The molecule has 0 aromatic rings. The molecule has 2 fully saturated rings. The summed E-state index contributed by atoms with van der Waals surface area (Å²) in [5, 5.41) is 14.9. The number of hydrogen-bond acceptors (Lipinski definition) is 4. The maximum absolute atomic E-state index is 12.0. The van der Waals surface area contributed by atoms with Crippen LogP contribution in [0.25, 0.3) is 0 Å². The zero-order valence-corrected chi connectivity index (χ0v) is 11.2. The lowest BCUT2D eigenvalue weighted by Gasteiger charge is -2.27. The SMILES string of the molecule is CC1CCNC(C(=O)NCC2CCC(C(=O)O)O2)C1. The molecule has 2 heterocycles. The van der Waals surface area contributed by atoms with E-state index in [1.807, 2.05) is 0 Å². The molecule has 0 bridgehead atoms. The van der Waals surface area contributed by atoms with Gasteiger partial charge in [-0.1, -0.05) is 6.92 Å². The molecule has 108 valence electrons. The van der Waals surface area contributed by atoms with E-state index in [-0.39, 0.29) is 18.1 Å². The number of carbonyl (C=O) groups excluding carboxylic acids is 1. The zero-order valence-electron chi connectivity index (χ0n) is 11.2. The Kier molecular flexibility index (Phi) is 4.76. The van der Waals surface area contributed by atoms with Crippen molar-refractivity contribution in [2.45, 2.75) is 50.9 Å². The molecule has 6 nitrogen and oxygen atoms in total. The highest BCUT2D eigenvalue weighted by atomic mass is 16.5. The van der Waals surface area contributed by atoms with Crippen molar-refractivity contribution in [3.8, 4) is 0 Å². The number of carbonyl (C=O) groups is 2. The molecule has 0 aromatic carbocycles. The number of aliphatic carboxylic acids is 1. The first kappa shape index (κ1) is 14.3. The summed E-state index contributed by atoms with van der Waals surface area (Å²) in [6, 6.07) is -0.125. The Morgan fingerprint density at radius 1 is 1.37 bits per heavy atom. The van der Waals surface area contributed by atoms with E-state index in [4.69, 9.17) is 9.84 Å². The van der Waals surface area contributed by atoms with Gasteiger partial charge >= 0.3 is 5.97 Å². The average molecular weight is 270 g/mol. The molecular formula is C13H22N2O4. The van der Waals surface area contributed by atoms with Gasteiger partial charge in [-0.05, 0) is 38.1 Å². The van der Waals surface area contributed by atoms with Gasteiger partial charge in [0.1, 0.15) is 0 Å². The van der Waals surface area contributed by atoms with Gasteiger partial charge in [-0.3, -0.25) is 4.79 Å². The molecule has 4 atom stereocenters. The van der Waals surface area contributed by atoms with Crippen molar-refractivity contribution >= 4 is 11.9 Å². The van der Waals surface area contributed by atoms with E-state index in [2.05, 4.69) is 17.6 Å². The molecule has 2 rings (SSSR count). The molecule has 0 radical (unpaired) electrons. The van der Waals surface area contributed by atoms with Gasteiger partial charge < -0.3 is 20.5 Å². The van der Waals surface area contributed by atoms with Crippen LogP contribution in [-0.2, 0) is 14.3 Å². The summed E-state index contributed by atoms with van der Waals surface area (Å²) in [6.07, 6.45) is 2.28. The molecule has 0 saturated carbocycles. The van der Waals surface area contributed by atoms with Gasteiger partial charge in [-0.25, -0.2) is 4.79 Å². The summed E-state index contributed by atoms with van der Waals surface area (Å²) in [7, 11) is 0. The van der Waals surface area contributed by atoms with Gasteiger partial charge in [0.05, 0.1) is 12.1 Å². The van der Waals surface area contributed by atoms with Gasteiger partial charge in [-0.2, -0.15) is 0 Å². The molecule has 6 heteroatoms. The van der Waals surface area contributed by atoms with Crippen LogP contribution in [0.3, 0.4) is 0 Å². The predicted octanol–water partition coefficient (Wildman–Crippen LogP) is 0.123. The third-order valence-electron chi connectivity index (χ3n) is 3.87. The highest BCUT2D eigenvalue weighted by molar-refractivity contribution is 5.81. The molecule has 19 heavy (non-hydrogen) atoms. The lowest BCUT2D eigenvalue weighted by Crippen LogP contribution is -2.49. The Bertz CT molecular complexity index is 348. The third kappa shape index (κ3) is 3.91. The highest BCUT2D eigenvalue weighted by Gasteiger charge is 2.31. The number of piperidine rings is 1. The fraction of sp³-hybridized carbons (Fsp3) is 0.846. The second-order valence-corrected chi connectivity index (χ2v) is 5.54. The van der Waals surface area contributed by atoms with Crippen molar-refractivity contribution < 1.29 is 19.4 Å². The van der Waals surface area contributed by atoms with Crippen LogP contribution in [0, 0.1) is 5.92 Å². The largest absolute Gasteiger partial charge is 0.479 e. The molecule has 4 unspecified atom stereocenters. The van der Waals surface area contributed by atoms with Crippen LogP contribution < -0.4 is 10.6 Å². The molecule has 0 aromatic heterocycles. The van der Waals surface area contributed by atoms with E-state index in [0.717, 1.165) is 19.4 Å². The molecule has 1 amide bonds. The first-order chi connectivity index (χ1) is 9.06. The van der Waals surface area contributed by atoms with E-state index >= 15 is 0 Å². The van der Waals surface area contributed by atoms with Crippen LogP contribution in [0.1, 0.15) is 32.6 Å². The van der Waals surface area contributed by atoms with Crippen molar-refractivity contribution in [1.82, 2.24) is 10.6 Å². The maximum Gasteiger partial charge on any atom is 0.332 e. The van der Waals surface area contributed by atoms with Crippen LogP contribution in [0.5, 0.6) is 0 Å². The van der Waals surface area contributed by atoms with Crippen molar-refractivity contribution in [3.63, 3.8) is 0 Å². The summed E-state index contributed by atoms with van der Waals surface area (Å²) in [5.41, 5.74) is 0. The Morgan fingerprint density at radius 3 is 2.79 bits per heavy atom. The highest BCUT2D eigenvalue weighted by Crippen LogP contribution is 2.19. The van der Waals surface area contributed by atoms with Crippen LogP contribution in [0.15, 0.2) is 0 Å². The summed E-state index contributed by atoms with van der Waals surface area (Å²) in [5.74, 6) is -0.360. The van der Waals surface area contributed by atoms with Gasteiger partial charge in [0.2, 0.25) is 5.91 Å². The molecule has 2 saturated heterocycles. The summed E-state index contributed by atoms with van der Waals surface area (Å²) < 4.78 is 5.35. The zero-order chi connectivity index (χ0) is 13.8. The standard InChI is InChI=1S/C13H22N2O4/c1-8-4-5-14-10(6-8)12(16)15-7-9-2-3-11(19-9)13(17)18/h8-11,14H,2-7H2,1H3,(H,15,16)(H,17,18). The van der Waals surface area contributed by atoms with Crippen LogP contribution in [-0.4, -0.2) is 48.3 Å². The summed E-state index contributed by atoms with van der Waals surface area (Å²) in [4.78, 5) is 22.7. The first-order valence-electron chi connectivity index (χ1n) is 6.95. The Hall–Kier alpha value is -1.14. The summed E-state index contributed by atoms with van der Waals surface area (Å²) in [6.45, 7) is 3.42. The molecule has 3 N–H and O–H groups in total. The number of carboxylic acids is 1. The second kappa shape index (κ2) is 6.34. The van der Waals surface area contributed by atoms with Crippen LogP contribution >= 0.6 is 0 Å². The van der Waals surface area contributed by atoms with Crippen molar-refractivity contribution in [3.05, 3.63) is 0 Å². The minimum atomic E-state index is -0.920.